The number of nitrogens with zero attached hydrogens (tertiary/aromatic N) is 2. The molecule has 1 amide bonds. The first kappa shape index (κ1) is 16.0. The van der Waals surface area contributed by atoms with Gasteiger partial charge in [0.25, 0.3) is 5.91 Å². The Balaban J connectivity index is 1.46. The molecule has 4 heteroatoms. The third kappa shape index (κ3) is 3.21. The number of anilines is 3. The molecular weight excluding hydrogens is 310 g/mol. The van der Waals surface area contributed by atoms with E-state index in [1.165, 1.54) is 18.5 Å². The standard InChI is InChI=1S/C21H25N3O/c1-15-9-11-24(12-10-15)19-7-5-17(6-8-19)22-18-4-3-16-14-23(2)21(25)20(16)13-18/h3-8,13,15,22H,9-12,14H2,1-2H3. The van der Waals surface area contributed by atoms with E-state index in [1.807, 2.05) is 25.2 Å². The molecule has 1 saturated heterocycles. The van der Waals surface area contributed by atoms with Crippen LogP contribution >= 0.6 is 0 Å². The molecule has 130 valence electrons. The molecule has 0 atom stereocenters. The molecule has 2 aromatic carbocycles. The minimum Gasteiger partial charge on any atom is -0.372 e. The van der Waals surface area contributed by atoms with E-state index in [2.05, 4.69) is 41.4 Å². The molecule has 0 aliphatic carbocycles. The molecule has 0 aromatic heterocycles. The van der Waals surface area contributed by atoms with Crippen LogP contribution in [0.4, 0.5) is 17.1 Å². The highest BCUT2D eigenvalue weighted by atomic mass is 16.2. The summed E-state index contributed by atoms with van der Waals surface area (Å²) >= 11 is 0. The van der Waals surface area contributed by atoms with Crippen molar-refractivity contribution < 1.29 is 4.79 Å². The number of rotatable bonds is 3. The Bertz CT molecular complexity index is 776. The van der Waals surface area contributed by atoms with E-state index in [9.17, 15) is 4.79 Å². The number of piperidine rings is 1. The van der Waals surface area contributed by atoms with Crippen LogP contribution in [0.15, 0.2) is 42.5 Å². The van der Waals surface area contributed by atoms with Crippen LogP contribution in [0, 0.1) is 5.92 Å². The molecule has 0 saturated carbocycles. The van der Waals surface area contributed by atoms with Gasteiger partial charge < -0.3 is 15.1 Å². The maximum absolute atomic E-state index is 12.1. The number of amides is 1. The Morgan fingerprint density at radius 1 is 1.00 bits per heavy atom. The Morgan fingerprint density at radius 3 is 2.40 bits per heavy atom. The van der Waals surface area contributed by atoms with Crippen LogP contribution in [0.5, 0.6) is 0 Å². The molecule has 2 heterocycles. The molecule has 1 fully saturated rings. The second-order valence-corrected chi connectivity index (χ2v) is 7.37. The van der Waals surface area contributed by atoms with E-state index < -0.39 is 0 Å². The van der Waals surface area contributed by atoms with Crippen LogP contribution in [-0.2, 0) is 6.54 Å². The van der Waals surface area contributed by atoms with Gasteiger partial charge in [0.1, 0.15) is 0 Å². The van der Waals surface area contributed by atoms with Gasteiger partial charge in [0, 0.05) is 49.3 Å². The first-order valence-corrected chi connectivity index (χ1v) is 9.10. The number of hydrogen-bond donors (Lipinski definition) is 1. The topological polar surface area (TPSA) is 35.6 Å². The summed E-state index contributed by atoms with van der Waals surface area (Å²) < 4.78 is 0. The second kappa shape index (κ2) is 6.43. The Labute approximate surface area is 149 Å². The monoisotopic (exact) mass is 335 g/mol. The van der Waals surface area contributed by atoms with Gasteiger partial charge >= 0.3 is 0 Å². The summed E-state index contributed by atoms with van der Waals surface area (Å²) in [5.74, 6) is 0.951. The van der Waals surface area contributed by atoms with E-state index in [1.54, 1.807) is 4.90 Å². The Hall–Kier alpha value is -2.49. The van der Waals surface area contributed by atoms with Gasteiger partial charge in [-0.15, -0.1) is 0 Å². The van der Waals surface area contributed by atoms with Crippen molar-refractivity contribution >= 4 is 23.0 Å². The summed E-state index contributed by atoms with van der Waals surface area (Å²) in [5, 5.41) is 3.42. The van der Waals surface area contributed by atoms with Gasteiger partial charge in [-0.3, -0.25) is 4.79 Å². The number of nitrogens with one attached hydrogen (secondary N) is 1. The van der Waals surface area contributed by atoms with E-state index in [0.29, 0.717) is 6.54 Å². The summed E-state index contributed by atoms with van der Waals surface area (Å²) in [6.07, 6.45) is 2.55. The second-order valence-electron chi connectivity index (χ2n) is 7.37. The zero-order valence-electron chi connectivity index (χ0n) is 15.0. The number of carbonyl (C=O) groups excluding carboxylic acids is 1. The maximum atomic E-state index is 12.1. The van der Waals surface area contributed by atoms with Crippen molar-refractivity contribution in [2.75, 3.05) is 30.4 Å². The molecule has 2 aromatic rings. The van der Waals surface area contributed by atoms with Crippen molar-refractivity contribution in [3.63, 3.8) is 0 Å². The number of fused-ring (bicyclic) bond motifs is 1. The largest absolute Gasteiger partial charge is 0.372 e. The van der Waals surface area contributed by atoms with Crippen LogP contribution in [0.3, 0.4) is 0 Å². The van der Waals surface area contributed by atoms with Crippen LogP contribution < -0.4 is 10.2 Å². The molecular formula is C21H25N3O. The van der Waals surface area contributed by atoms with E-state index >= 15 is 0 Å². The lowest BCUT2D eigenvalue weighted by atomic mass is 9.99. The average molecular weight is 335 g/mol. The minimum absolute atomic E-state index is 0.105. The van der Waals surface area contributed by atoms with E-state index in [-0.39, 0.29) is 5.91 Å². The van der Waals surface area contributed by atoms with Gasteiger partial charge in [-0.05, 0) is 60.7 Å². The smallest absolute Gasteiger partial charge is 0.254 e. The molecule has 1 N–H and O–H groups in total. The van der Waals surface area contributed by atoms with Crippen molar-refractivity contribution in [3.8, 4) is 0 Å². The van der Waals surface area contributed by atoms with Gasteiger partial charge in [-0.1, -0.05) is 13.0 Å². The van der Waals surface area contributed by atoms with Crippen LogP contribution in [0.25, 0.3) is 0 Å². The maximum Gasteiger partial charge on any atom is 0.254 e. The summed E-state index contributed by atoms with van der Waals surface area (Å²) in [7, 11) is 1.84. The molecule has 2 aliphatic rings. The fourth-order valence-corrected chi connectivity index (χ4v) is 3.71. The average Bonchev–Trinajstić information content (AvgIpc) is 2.91. The Kier molecular flexibility index (Phi) is 4.12. The van der Waals surface area contributed by atoms with Crippen molar-refractivity contribution in [1.82, 2.24) is 4.90 Å². The highest BCUT2D eigenvalue weighted by molar-refractivity contribution is 5.99. The molecule has 2 aliphatic heterocycles. The summed E-state index contributed by atoms with van der Waals surface area (Å²) in [4.78, 5) is 16.4. The number of hydrogen-bond acceptors (Lipinski definition) is 3. The predicted molar refractivity (Wildman–Crippen MR) is 103 cm³/mol. The molecule has 0 spiro atoms. The number of carbonyl (C=O) groups is 1. The fourth-order valence-electron chi connectivity index (χ4n) is 3.71. The van der Waals surface area contributed by atoms with Crippen molar-refractivity contribution in [2.24, 2.45) is 5.92 Å². The lowest BCUT2D eigenvalue weighted by Gasteiger charge is -2.32. The normalized spacial score (nSPS) is 17.8. The minimum atomic E-state index is 0.105. The van der Waals surface area contributed by atoms with E-state index in [4.69, 9.17) is 0 Å². The quantitative estimate of drug-likeness (QED) is 0.911. The zero-order chi connectivity index (χ0) is 17.4. The lowest BCUT2D eigenvalue weighted by molar-refractivity contribution is 0.0816. The first-order chi connectivity index (χ1) is 12.1. The highest BCUT2D eigenvalue weighted by Gasteiger charge is 2.24. The van der Waals surface area contributed by atoms with Crippen LogP contribution in [0.2, 0.25) is 0 Å². The third-order valence-electron chi connectivity index (χ3n) is 5.40. The molecule has 0 bridgehead atoms. The molecule has 4 nitrogen and oxygen atoms in total. The van der Waals surface area contributed by atoms with E-state index in [0.717, 1.165) is 41.5 Å². The molecule has 4 rings (SSSR count). The molecule has 0 radical (unpaired) electrons. The summed E-state index contributed by atoms with van der Waals surface area (Å²) in [5.41, 5.74) is 5.22. The zero-order valence-corrected chi connectivity index (χ0v) is 15.0. The van der Waals surface area contributed by atoms with Crippen LogP contribution in [-0.4, -0.2) is 30.9 Å². The first-order valence-electron chi connectivity index (χ1n) is 9.10. The van der Waals surface area contributed by atoms with Crippen molar-refractivity contribution in [2.45, 2.75) is 26.3 Å². The van der Waals surface area contributed by atoms with Crippen LogP contribution in [0.1, 0.15) is 35.7 Å². The highest BCUT2D eigenvalue weighted by Crippen LogP contribution is 2.28. The van der Waals surface area contributed by atoms with Crippen molar-refractivity contribution in [3.05, 3.63) is 53.6 Å². The van der Waals surface area contributed by atoms with Gasteiger partial charge in [-0.25, -0.2) is 0 Å². The number of benzene rings is 2. The van der Waals surface area contributed by atoms with Gasteiger partial charge in [0.05, 0.1) is 0 Å². The molecule has 0 unspecified atom stereocenters. The van der Waals surface area contributed by atoms with Gasteiger partial charge in [-0.2, -0.15) is 0 Å². The van der Waals surface area contributed by atoms with Gasteiger partial charge in [0.15, 0.2) is 0 Å². The predicted octanol–water partition coefficient (Wildman–Crippen LogP) is 4.25. The van der Waals surface area contributed by atoms with Crippen molar-refractivity contribution in [1.29, 1.82) is 0 Å². The lowest BCUT2D eigenvalue weighted by Crippen LogP contribution is -2.32. The summed E-state index contributed by atoms with van der Waals surface area (Å²) in [6, 6.07) is 14.7. The third-order valence-corrected chi connectivity index (χ3v) is 5.40. The Morgan fingerprint density at radius 2 is 1.68 bits per heavy atom. The fraction of sp³-hybridized carbons (Fsp3) is 0.381. The SMILES string of the molecule is CC1CCN(c2ccc(Nc3ccc4c(c3)C(=O)N(C)C4)cc2)CC1. The van der Waals surface area contributed by atoms with Gasteiger partial charge in [0.2, 0.25) is 0 Å². The molecule has 25 heavy (non-hydrogen) atoms. The summed E-state index contributed by atoms with van der Waals surface area (Å²) in [6.45, 7) is 5.34.